The van der Waals surface area contributed by atoms with Gasteiger partial charge in [-0.25, -0.2) is 4.57 Å². The van der Waals surface area contributed by atoms with Crippen molar-refractivity contribution in [1.29, 1.82) is 0 Å². The number of benzene rings is 1. The predicted molar refractivity (Wildman–Crippen MR) is 97.0 cm³/mol. The van der Waals surface area contributed by atoms with Crippen molar-refractivity contribution in [1.82, 2.24) is 4.40 Å². The van der Waals surface area contributed by atoms with Gasteiger partial charge in [-0.2, -0.15) is 0 Å². The second-order valence-electron chi connectivity index (χ2n) is 6.72. The van der Waals surface area contributed by atoms with E-state index in [1.807, 2.05) is 0 Å². The number of hydrogen-bond donors (Lipinski definition) is 0. The van der Waals surface area contributed by atoms with Crippen LogP contribution in [0.15, 0.2) is 67.1 Å². The Labute approximate surface area is 141 Å². The fourth-order valence-corrected chi connectivity index (χ4v) is 4.02. The van der Waals surface area contributed by atoms with E-state index in [1.54, 1.807) is 0 Å². The summed E-state index contributed by atoms with van der Waals surface area (Å²) in [6.07, 6.45) is 7.56. The first-order chi connectivity index (χ1) is 11.7. The molecule has 1 aromatic carbocycles. The molecule has 0 aliphatic heterocycles. The zero-order valence-electron chi connectivity index (χ0n) is 14.0. The summed E-state index contributed by atoms with van der Waals surface area (Å²) < 4.78 is 4.44. The van der Waals surface area contributed by atoms with Crippen LogP contribution >= 0.6 is 0 Å². The van der Waals surface area contributed by atoms with Crippen LogP contribution in [-0.2, 0) is 13.5 Å². The number of rotatable bonds is 1. The minimum absolute atomic E-state index is 1.02. The maximum Gasteiger partial charge on any atom is 0.213 e. The van der Waals surface area contributed by atoms with E-state index < -0.39 is 0 Å². The highest BCUT2D eigenvalue weighted by molar-refractivity contribution is 5.91. The van der Waals surface area contributed by atoms with Gasteiger partial charge in [0.05, 0.1) is 5.56 Å². The molecule has 0 N–H and O–H groups in total. The maximum atomic E-state index is 2.34. The van der Waals surface area contributed by atoms with Gasteiger partial charge in [0.1, 0.15) is 7.05 Å². The van der Waals surface area contributed by atoms with Gasteiger partial charge in [-0.15, -0.1) is 0 Å². The highest BCUT2D eigenvalue weighted by atomic mass is 14.9. The van der Waals surface area contributed by atoms with Crippen LogP contribution in [0.3, 0.4) is 0 Å². The molecule has 0 spiro atoms. The first kappa shape index (κ1) is 13.6. The van der Waals surface area contributed by atoms with E-state index in [2.05, 4.69) is 90.1 Å². The van der Waals surface area contributed by atoms with Gasteiger partial charge in [0.2, 0.25) is 5.69 Å². The molecule has 5 rings (SSSR count). The van der Waals surface area contributed by atoms with Crippen molar-refractivity contribution in [2.75, 3.05) is 0 Å². The Balaban J connectivity index is 1.87. The molecule has 4 aromatic rings. The minimum Gasteiger partial charge on any atom is -0.324 e. The van der Waals surface area contributed by atoms with Crippen molar-refractivity contribution >= 4 is 5.52 Å². The van der Waals surface area contributed by atoms with Crippen LogP contribution in [0.4, 0.5) is 0 Å². The normalized spacial score (nSPS) is 12.4. The molecule has 2 heteroatoms. The van der Waals surface area contributed by atoms with Gasteiger partial charge in [0, 0.05) is 36.5 Å². The highest BCUT2D eigenvalue weighted by Gasteiger charge is 2.27. The summed E-state index contributed by atoms with van der Waals surface area (Å²) in [6.45, 7) is 2.22. The van der Waals surface area contributed by atoms with Gasteiger partial charge in [-0.3, -0.25) is 0 Å². The smallest absolute Gasteiger partial charge is 0.213 e. The number of nitrogens with zero attached hydrogens (tertiary/aromatic N) is 2. The first-order valence-electron chi connectivity index (χ1n) is 8.40. The third-order valence-electron chi connectivity index (χ3n) is 5.21. The maximum absolute atomic E-state index is 2.34. The average Bonchev–Trinajstić information content (AvgIpc) is 3.17. The van der Waals surface area contributed by atoms with E-state index in [4.69, 9.17) is 0 Å². The zero-order chi connectivity index (χ0) is 16.3. The third kappa shape index (κ3) is 1.80. The minimum atomic E-state index is 1.02. The topological polar surface area (TPSA) is 8.29 Å². The molecule has 0 saturated heterocycles. The lowest BCUT2D eigenvalue weighted by atomic mass is 9.93. The van der Waals surface area contributed by atoms with Gasteiger partial charge in [-0.1, -0.05) is 12.1 Å². The van der Waals surface area contributed by atoms with Crippen LogP contribution in [0.1, 0.15) is 16.7 Å². The lowest BCUT2D eigenvalue weighted by molar-refractivity contribution is -0.660. The van der Waals surface area contributed by atoms with Gasteiger partial charge in [-0.05, 0) is 59.0 Å². The molecule has 24 heavy (non-hydrogen) atoms. The molecule has 0 atom stereocenters. The third-order valence-corrected chi connectivity index (χ3v) is 5.21. The Morgan fingerprint density at radius 2 is 1.88 bits per heavy atom. The van der Waals surface area contributed by atoms with E-state index in [1.165, 1.54) is 44.6 Å². The first-order valence-corrected chi connectivity index (χ1v) is 8.40. The Morgan fingerprint density at radius 3 is 2.75 bits per heavy atom. The fourth-order valence-electron chi connectivity index (χ4n) is 4.02. The molecule has 0 saturated carbocycles. The van der Waals surface area contributed by atoms with E-state index in [9.17, 15) is 0 Å². The summed E-state index contributed by atoms with van der Waals surface area (Å²) in [5.74, 6) is 0. The van der Waals surface area contributed by atoms with Crippen molar-refractivity contribution in [3.8, 4) is 22.4 Å². The molecule has 0 radical (unpaired) electrons. The summed E-state index contributed by atoms with van der Waals surface area (Å²) in [5, 5.41) is 0. The average molecular weight is 311 g/mol. The SMILES string of the molecule is Cc1ccc2c(c1-c1cccc[n+]1C)-c1cc3cccn3cc1C2. The van der Waals surface area contributed by atoms with Gasteiger partial charge >= 0.3 is 0 Å². The number of pyridine rings is 2. The molecular weight excluding hydrogens is 292 g/mol. The van der Waals surface area contributed by atoms with Crippen molar-refractivity contribution in [2.45, 2.75) is 13.3 Å². The summed E-state index contributed by atoms with van der Waals surface area (Å²) >= 11 is 0. The molecule has 1 aliphatic carbocycles. The molecule has 0 unspecified atom stereocenters. The van der Waals surface area contributed by atoms with Crippen LogP contribution < -0.4 is 4.57 Å². The lowest BCUT2D eigenvalue weighted by Gasteiger charge is -2.12. The van der Waals surface area contributed by atoms with Crippen LogP contribution in [0.25, 0.3) is 27.9 Å². The van der Waals surface area contributed by atoms with Crippen LogP contribution in [0.2, 0.25) is 0 Å². The number of aromatic nitrogens is 2. The number of aryl methyl sites for hydroxylation is 2. The van der Waals surface area contributed by atoms with Gasteiger partial charge in [0.25, 0.3) is 0 Å². The van der Waals surface area contributed by atoms with Crippen LogP contribution in [-0.4, -0.2) is 4.40 Å². The largest absolute Gasteiger partial charge is 0.324 e. The van der Waals surface area contributed by atoms with E-state index >= 15 is 0 Å². The summed E-state index contributed by atoms with van der Waals surface area (Å²) in [7, 11) is 2.13. The molecule has 1 aliphatic rings. The molecule has 0 bridgehead atoms. The van der Waals surface area contributed by atoms with E-state index in [-0.39, 0.29) is 0 Å². The molecule has 2 nitrogen and oxygen atoms in total. The molecule has 0 amide bonds. The summed E-state index contributed by atoms with van der Waals surface area (Å²) in [6, 6.07) is 17.6. The Hall–Kier alpha value is -2.87. The Bertz CT molecular complexity index is 1100. The van der Waals surface area contributed by atoms with E-state index in [0.717, 1.165) is 6.42 Å². The molecule has 116 valence electrons. The Morgan fingerprint density at radius 1 is 0.958 bits per heavy atom. The predicted octanol–water partition coefficient (Wildman–Crippen LogP) is 4.31. The number of fused-ring (bicyclic) bond motifs is 4. The van der Waals surface area contributed by atoms with Crippen molar-refractivity contribution in [3.05, 3.63) is 83.8 Å². The standard InChI is InChI=1S/C22H19N2/c1-15-8-9-16-12-17-14-24-11-5-6-18(24)13-19(17)22(16)21(15)20-7-3-4-10-23(20)2/h3-11,13-14H,12H2,1-2H3/q+1. The zero-order valence-corrected chi connectivity index (χ0v) is 14.0. The van der Waals surface area contributed by atoms with Crippen molar-refractivity contribution in [2.24, 2.45) is 7.05 Å². The monoisotopic (exact) mass is 311 g/mol. The van der Waals surface area contributed by atoms with Crippen LogP contribution in [0, 0.1) is 6.92 Å². The summed E-state index contributed by atoms with van der Waals surface area (Å²) in [4.78, 5) is 0. The molecule has 3 heterocycles. The Kier molecular flexibility index (Phi) is 2.72. The van der Waals surface area contributed by atoms with E-state index in [0.29, 0.717) is 0 Å². The lowest BCUT2D eigenvalue weighted by Crippen LogP contribution is -2.30. The van der Waals surface area contributed by atoms with Crippen molar-refractivity contribution < 1.29 is 4.57 Å². The molecule has 3 aromatic heterocycles. The second-order valence-corrected chi connectivity index (χ2v) is 6.72. The fraction of sp³-hybridized carbons (Fsp3) is 0.136. The molecular formula is C22H19N2+. The quantitative estimate of drug-likeness (QED) is 0.408. The number of hydrogen-bond acceptors (Lipinski definition) is 0. The van der Waals surface area contributed by atoms with Crippen LogP contribution in [0.5, 0.6) is 0 Å². The van der Waals surface area contributed by atoms with Crippen molar-refractivity contribution in [3.63, 3.8) is 0 Å². The van der Waals surface area contributed by atoms with Gasteiger partial charge < -0.3 is 4.40 Å². The highest BCUT2D eigenvalue weighted by Crippen LogP contribution is 2.44. The summed E-state index contributed by atoms with van der Waals surface area (Å²) in [5.41, 5.74) is 10.9. The molecule has 0 fully saturated rings. The second kappa shape index (κ2) is 4.81. The van der Waals surface area contributed by atoms with Gasteiger partial charge in [0.15, 0.2) is 6.20 Å².